The van der Waals surface area contributed by atoms with Crippen LogP contribution in [0.2, 0.25) is 0 Å². The molecule has 18 heavy (non-hydrogen) atoms. The first-order valence-electron chi connectivity index (χ1n) is 8.55. The SMILES string of the molecule is CCC12CC3CCC1(C)CCCCCC2(C)CC3. The highest BCUT2D eigenvalue weighted by atomic mass is 14.7. The van der Waals surface area contributed by atoms with Crippen molar-refractivity contribution in [1.29, 1.82) is 0 Å². The van der Waals surface area contributed by atoms with Crippen molar-refractivity contribution in [1.82, 2.24) is 0 Å². The van der Waals surface area contributed by atoms with E-state index in [1.165, 1.54) is 64.2 Å². The van der Waals surface area contributed by atoms with E-state index in [0.717, 1.165) is 5.92 Å². The first-order chi connectivity index (χ1) is 8.55. The van der Waals surface area contributed by atoms with E-state index in [1.807, 2.05) is 0 Å². The molecule has 0 aromatic carbocycles. The van der Waals surface area contributed by atoms with Crippen LogP contribution in [-0.4, -0.2) is 0 Å². The average molecular weight is 248 g/mol. The molecule has 0 saturated heterocycles. The van der Waals surface area contributed by atoms with Crippen LogP contribution in [0, 0.1) is 22.2 Å². The van der Waals surface area contributed by atoms with Gasteiger partial charge in [-0.3, -0.25) is 0 Å². The Hall–Kier alpha value is 0. The predicted octanol–water partition coefficient (Wildman–Crippen LogP) is 5.95. The lowest BCUT2D eigenvalue weighted by molar-refractivity contribution is -0.169. The lowest BCUT2D eigenvalue weighted by atomic mass is 9.38. The Balaban J connectivity index is 2.06. The van der Waals surface area contributed by atoms with Crippen molar-refractivity contribution < 1.29 is 0 Å². The van der Waals surface area contributed by atoms with Crippen LogP contribution in [0.5, 0.6) is 0 Å². The maximum atomic E-state index is 2.67. The van der Waals surface area contributed by atoms with Gasteiger partial charge in [0, 0.05) is 0 Å². The molecular formula is C18H32. The average Bonchev–Trinajstić information content (AvgIpc) is 2.35. The molecule has 0 amide bonds. The van der Waals surface area contributed by atoms with Crippen LogP contribution in [0.25, 0.3) is 0 Å². The van der Waals surface area contributed by atoms with E-state index < -0.39 is 0 Å². The number of fused-ring (bicyclic) bond motifs is 1. The molecule has 3 rings (SSSR count). The molecule has 0 N–H and O–H groups in total. The number of rotatable bonds is 1. The zero-order valence-electron chi connectivity index (χ0n) is 12.9. The summed E-state index contributed by atoms with van der Waals surface area (Å²) < 4.78 is 0. The van der Waals surface area contributed by atoms with E-state index in [9.17, 15) is 0 Å². The summed E-state index contributed by atoms with van der Waals surface area (Å²) in [6.45, 7) is 7.84. The van der Waals surface area contributed by atoms with Crippen molar-refractivity contribution in [2.45, 2.75) is 91.4 Å². The van der Waals surface area contributed by atoms with Crippen molar-refractivity contribution in [3.05, 3.63) is 0 Å². The molecule has 0 aliphatic heterocycles. The van der Waals surface area contributed by atoms with Gasteiger partial charge in [0.15, 0.2) is 0 Å². The van der Waals surface area contributed by atoms with Gasteiger partial charge in [-0.2, -0.15) is 0 Å². The summed E-state index contributed by atoms with van der Waals surface area (Å²) in [6.07, 6.45) is 16.7. The van der Waals surface area contributed by atoms with E-state index >= 15 is 0 Å². The highest BCUT2D eigenvalue weighted by Crippen LogP contribution is 2.70. The quantitative estimate of drug-likeness (QED) is 0.537. The first kappa shape index (κ1) is 13.0. The van der Waals surface area contributed by atoms with Crippen LogP contribution >= 0.6 is 0 Å². The van der Waals surface area contributed by atoms with Gasteiger partial charge in [0.05, 0.1) is 0 Å². The summed E-state index contributed by atoms with van der Waals surface area (Å²) >= 11 is 0. The van der Waals surface area contributed by atoms with Crippen molar-refractivity contribution in [2.24, 2.45) is 22.2 Å². The smallest absolute Gasteiger partial charge is 0.0190 e. The summed E-state index contributed by atoms with van der Waals surface area (Å²) in [5, 5.41) is 0. The zero-order valence-corrected chi connectivity index (χ0v) is 12.9. The maximum absolute atomic E-state index is 2.67. The van der Waals surface area contributed by atoms with E-state index in [2.05, 4.69) is 20.8 Å². The zero-order chi connectivity index (χ0) is 12.9. The first-order valence-corrected chi connectivity index (χ1v) is 8.55. The maximum Gasteiger partial charge on any atom is -0.0190 e. The fourth-order valence-corrected chi connectivity index (χ4v) is 6.52. The molecule has 2 bridgehead atoms. The Morgan fingerprint density at radius 2 is 1.39 bits per heavy atom. The van der Waals surface area contributed by atoms with Crippen LogP contribution in [0.4, 0.5) is 0 Å². The Morgan fingerprint density at radius 1 is 0.833 bits per heavy atom. The Bertz CT molecular complexity index is 286. The van der Waals surface area contributed by atoms with Gasteiger partial charge in [-0.05, 0) is 73.5 Å². The van der Waals surface area contributed by atoms with Crippen LogP contribution in [0.15, 0.2) is 0 Å². The fraction of sp³-hybridized carbons (Fsp3) is 1.00. The normalized spacial score (nSPS) is 52.5. The second-order valence-corrected chi connectivity index (χ2v) is 8.27. The molecule has 0 heterocycles. The third-order valence-corrected chi connectivity index (χ3v) is 7.72. The van der Waals surface area contributed by atoms with Crippen LogP contribution in [0.1, 0.15) is 91.4 Å². The number of hydrogen-bond donors (Lipinski definition) is 0. The molecule has 3 aliphatic carbocycles. The fourth-order valence-electron chi connectivity index (χ4n) is 6.52. The molecule has 3 aliphatic rings. The summed E-state index contributed by atoms with van der Waals surface area (Å²) in [4.78, 5) is 0. The van der Waals surface area contributed by atoms with Gasteiger partial charge in [-0.25, -0.2) is 0 Å². The molecule has 0 spiro atoms. The van der Waals surface area contributed by atoms with Crippen molar-refractivity contribution in [2.75, 3.05) is 0 Å². The van der Waals surface area contributed by atoms with Crippen molar-refractivity contribution in [3.63, 3.8) is 0 Å². The predicted molar refractivity (Wildman–Crippen MR) is 78.6 cm³/mol. The molecule has 0 aromatic heterocycles. The minimum Gasteiger partial charge on any atom is -0.0648 e. The third-order valence-electron chi connectivity index (χ3n) is 7.72. The molecular weight excluding hydrogens is 216 g/mol. The minimum absolute atomic E-state index is 0.661. The molecule has 0 heteroatoms. The summed E-state index contributed by atoms with van der Waals surface area (Å²) in [6, 6.07) is 0. The molecule has 0 aromatic rings. The van der Waals surface area contributed by atoms with Crippen molar-refractivity contribution >= 4 is 0 Å². The molecule has 0 radical (unpaired) electrons. The monoisotopic (exact) mass is 248 g/mol. The molecule has 3 saturated carbocycles. The van der Waals surface area contributed by atoms with Gasteiger partial charge in [0.25, 0.3) is 0 Å². The lowest BCUT2D eigenvalue weighted by Gasteiger charge is -2.66. The lowest BCUT2D eigenvalue weighted by Crippen LogP contribution is -2.57. The third kappa shape index (κ3) is 1.56. The Morgan fingerprint density at radius 3 is 1.89 bits per heavy atom. The van der Waals surface area contributed by atoms with E-state index in [-0.39, 0.29) is 0 Å². The topological polar surface area (TPSA) is 0 Å². The molecule has 0 nitrogen and oxygen atoms in total. The van der Waals surface area contributed by atoms with Gasteiger partial charge in [0.2, 0.25) is 0 Å². The number of hydrogen-bond acceptors (Lipinski definition) is 0. The molecule has 104 valence electrons. The minimum atomic E-state index is 0.661. The van der Waals surface area contributed by atoms with Gasteiger partial charge in [-0.1, -0.05) is 40.0 Å². The second kappa shape index (κ2) is 4.25. The van der Waals surface area contributed by atoms with Crippen molar-refractivity contribution in [3.8, 4) is 0 Å². The Kier molecular flexibility index (Phi) is 3.07. The highest BCUT2D eigenvalue weighted by Gasteiger charge is 2.61. The van der Waals surface area contributed by atoms with E-state index in [0.29, 0.717) is 16.2 Å². The van der Waals surface area contributed by atoms with Gasteiger partial charge >= 0.3 is 0 Å². The van der Waals surface area contributed by atoms with E-state index in [1.54, 1.807) is 6.42 Å². The molecule has 2 atom stereocenters. The molecule has 2 unspecified atom stereocenters. The van der Waals surface area contributed by atoms with Gasteiger partial charge < -0.3 is 0 Å². The van der Waals surface area contributed by atoms with Crippen LogP contribution < -0.4 is 0 Å². The van der Waals surface area contributed by atoms with Gasteiger partial charge in [-0.15, -0.1) is 0 Å². The largest absolute Gasteiger partial charge is 0.0648 e. The second-order valence-electron chi connectivity index (χ2n) is 8.27. The summed E-state index contributed by atoms with van der Waals surface area (Å²) in [5.74, 6) is 1.07. The standard InChI is InChI=1S/C18H32/c1-4-18-14-15-8-12-16(18,2)10-6-5-7-11-17(18,3)13-9-15/h15H,4-14H2,1-3H3. The Labute approximate surface area is 114 Å². The van der Waals surface area contributed by atoms with Crippen LogP contribution in [-0.2, 0) is 0 Å². The molecule has 3 fully saturated rings. The van der Waals surface area contributed by atoms with Crippen LogP contribution in [0.3, 0.4) is 0 Å². The summed E-state index contributed by atoms with van der Waals surface area (Å²) in [7, 11) is 0. The van der Waals surface area contributed by atoms with Gasteiger partial charge in [0.1, 0.15) is 0 Å². The highest BCUT2D eigenvalue weighted by molar-refractivity contribution is 5.10. The summed E-state index contributed by atoms with van der Waals surface area (Å²) in [5.41, 5.74) is 2.00. The van der Waals surface area contributed by atoms with E-state index in [4.69, 9.17) is 0 Å².